The zero-order valence-corrected chi connectivity index (χ0v) is 58.7. The second-order valence-corrected chi connectivity index (χ2v) is 17.3. The van der Waals surface area contributed by atoms with Crippen LogP contribution in [0.2, 0.25) is 0 Å². The first-order valence-corrected chi connectivity index (χ1v) is 33.4. The molecule has 0 atom stereocenters. The average molecular weight is 1260 g/mol. The fourth-order valence-corrected chi connectivity index (χ4v) is 8.10. The summed E-state index contributed by atoms with van der Waals surface area (Å²) in [5, 5.41) is 8.11. The van der Waals surface area contributed by atoms with Crippen molar-refractivity contribution in [1.82, 2.24) is 59.8 Å². The maximum Gasteiger partial charge on any atom is 0.137 e. The topological polar surface area (TPSA) is 158 Å². The number of pyridine rings is 11. The van der Waals surface area contributed by atoms with Gasteiger partial charge < -0.3 is 4.98 Å². The maximum atomic E-state index is 4.59. The highest BCUT2D eigenvalue weighted by Gasteiger charge is 2.06. The molecule has 0 saturated heterocycles. The van der Waals surface area contributed by atoms with Gasteiger partial charge >= 0.3 is 0 Å². The maximum absolute atomic E-state index is 4.59. The number of nitrogens with zero attached hydrogens (tertiary/aromatic N) is 11. The lowest BCUT2D eigenvalue weighted by atomic mass is 10.1. The van der Waals surface area contributed by atoms with Crippen LogP contribution >= 0.6 is 0 Å². The predicted octanol–water partition coefficient (Wildman–Crippen LogP) is 23.4. The van der Waals surface area contributed by atoms with E-state index in [1.165, 1.54) is 10.8 Å². The SMILES string of the molecule is CC.CC.CC.CC.CC.CC.CC.CC.c1ccc(-c2cccc(-c3ccccn3)n2)nc1.c1ccc(-c2ccccn2)nc1.c1ccc2cc(-c3cc4ccccc4cn3)ncc2c1.c1ccncc1.c1cnc2[nH]ccc2c1.c1cnc2c(c1)ccc1cccnc12. The molecule has 0 aliphatic rings. The van der Waals surface area contributed by atoms with Crippen molar-refractivity contribution in [2.45, 2.75) is 111 Å². The minimum atomic E-state index is 0.860. The molecule has 0 radical (unpaired) electrons. The van der Waals surface area contributed by atoms with Gasteiger partial charge in [0.05, 0.1) is 56.6 Å². The molecule has 1 N–H and O–H groups in total. The summed E-state index contributed by atoms with van der Waals surface area (Å²) in [6.07, 6.45) is 21.6. The molecule has 15 aromatic rings. The lowest BCUT2D eigenvalue weighted by Gasteiger charge is -2.04. The highest BCUT2D eigenvalue weighted by atomic mass is 14.8. The average Bonchev–Trinajstić information content (AvgIpc) is 1.63. The van der Waals surface area contributed by atoms with Gasteiger partial charge in [0.2, 0.25) is 0 Å². The molecule has 490 valence electrons. The smallest absolute Gasteiger partial charge is 0.137 e. The Morgan fingerprint density at radius 1 is 0.211 bits per heavy atom. The normalized spacial score (nSPS) is 9.05. The van der Waals surface area contributed by atoms with Gasteiger partial charge in [0.15, 0.2) is 0 Å². The number of hydrogen-bond donors (Lipinski definition) is 1. The van der Waals surface area contributed by atoms with Crippen LogP contribution in [-0.4, -0.2) is 59.8 Å². The van der Waals surface area contributed by atoms with Crippen LogP contribution in [-0.2, 0) is 0 Å². The zero-order chi connectivity index (χ0) is 69.5. The summed E-state index contributed by atoms with van der Waals surface area (Å²) < 4.78 is 0. The van der Waals surface area contributed by atoms with Gasteiger partial charge in [0, 0.05) is 101 Å². The number of aromatic amines is 1. The van der Waals surface area contributed by atoms with Crippen molar-refractivity contribution in [2.24, 2.45) is 0 Å². The van der Waals surface area contributed by atoms with Crippen molar-refractivity contribution in [3.05, 3.63) is 299 Å². The molecule has 12 heterocycles. The molecule has 15 rings (SSSR count). The third-order valence-electron chi connectivity index (χ3n) is 12.0. The van der Waals surface area contributed by atoms with Crippen LogP contribution in [0.1, 0.15) is 111 Å². The van der Waals surface area contributed by atoms with Crippen molar-refractivity contribution in [3.8, 4) is 45.6 Å². The van der Waals surface area contributed by atoms with Gasteiger partial charge in [0.1, 0.15) is 5.65 Å². The summed E-state index contributed by atoms with van der Waals surface area (Å²) in [6, 6.07) is 73.5. The molecule has 0 aliphatic heterocycles. The molecule has 12 heteroatoms. The van der Waals surface area contributed by atoms with Crippen LogP contribution in [0.4, 0.5) is 0 Å². The molecule has 0 bridgehead atoms. The van der Waals surface area contributed by atoms with Gasteiger partial charge in [-0.05, 0) is 126 Å². The van der Waals surface area contributed by atoms with E-state index in [0.29, 0.717) is 0 Å². The molecule has 95 heavy (non-hydrogen) atoms. The Hall–Kier alpha value is -11.1. The van der Waals surface area contributed by atoms with E-state index < -0.39 is 0 Å². The number of fused-ring (bicyclic) bond motifs is 6. The van der Waals surface area contributed by atoms with E-state index in [2.05, 4.69) is 120 Å². The molecule has 0 amide bonds. The Balaban J connectivity index is 0.000000381. The first kappa shape index (κ1) is 80.0. The summed E-state index contributed by atoms with van der Waals surface area (Å²) in [5.41, 5.74) is 10.0. The van der Waals surface area contributed by atoms with E-state index >= 15 is 0 Å². The molecule has 12 aromatic heterocycles. The van der Waals surface area contributed by atoms with Crippen LogP contribution in [0.3, 0.4) is 0 Å². The van der Waals surface area contributed by atoms with E-state index in [-0.39, 0.29) is 0 Å². The van der Waals surface area contributed by atoms with Crippen molar-refractivity contribution in [1.29, 1.82) is 0 Å². The van der Waals surface area contributed by atoms with Gasteiger partial charge in [-0.2, -0.15) is 0 Å². The first-order valence-electron chi connectivity index (χ1n) is 33.4. The minimum Gasteiger partial charge on any atom is -0.346 e. The second-order valence-electron chi connectivity index (χ2n) is 17.3. The number of aromatic nitrogens is 12. The van der Waals surface area contributed by atoms with Crippen molar-refractivity contribution >= 4 is 54.4 Å². The van der Waals surface area contributed by atoms with Crippen LogP contribution in [0, 0.1) is 0 Å². The summed E-state index contributed by atoms with van der Waals surface area (Å²) in [4.78, 5) is 50.2. The molecule has 0 saturated carbocycles. The van der Waals surface area contributed by atoms with E-state index in [9.17, 15) is 0 Å². The van der Waals surface area contributed by atoms with E-state index in [4.69, 9.17) is 0 Å². The Kier molecular flexibility index (Phi) is 43.4. The van der Waals surface area contributed by atoms with Gasteiger partial charge in [0.25, 0.3) is 0 Å². The van der Waals surface area contributed by atoms with Crippen LogP contribution < -0.4 is 0 Å². The van der Waals surface area contributed by atoms with Crippen molar-refractivity contribution < 1.29 is 0 Å². The molecule has 0 fully saturated rings. The van der Waals surface area contributed by atoms with Crippen LogP contribution in [0.25, 0.3) is 99.9 Å². The van der Waals surface area contributed by atoms with Gasteiger partial charge in [-0.3, -0.25) is 44.9 Å². The second kappa shape index (κ2) is 51.5. The number of benzene rings is 3. The molecular formula is C83H98N12. The molecule has 12 nitrogen and oxygen atoms in total. The lowest BCUT2D eigenvalue weighted by Crippen LogP contribution is -1.90. The Bertz CT molecular complexity index is 3990. The van der Waals surface area contributed by atoms with Crippen molar-refractivity contribution in [3.63, 3.8) is 0 Å². The lowest BCUT2D eigenvalue weighted by molar-refractivity contribution is 1.22. The summed E-state index contributed by atoms with van der Waals surface area (Å²) in [7, 11) is 0. The summed E-state index contributed by atoms with van der Waals surface area (Å²) in [6.45, 7) is 32.0. The molecule has 0 aliphatic carbocycles. The zero-order valence-electron chi connectivity index (χ0n) is 58.7. The molecule has 0 unspecified atom stereocenters. The third kappa shape index (κ3) is 27.3. The Labute approximate surface area is 566 Å². The quantitative estimate of drug-likeness (QED) is 0.167. The van der Waals surface area contributed by atoms with Gasteiger partial charge in [-0.15, -0.1) is 0 Å². The van der Waals surface area contributed by atoms with Gasteiger partial charge in [-0.25, -0.2) is 9.97 Å². The Morgan fingerprint density at radius 3 is 0.874 bits per heavy atom. The monoisotopic (exact) mass is 1260 g/mol. The molecule has 3 aromatic carbocycles. The molecule has 0 spiro atoms. The highest BCUT2D eigenvalue weighted by Crippen LogP contribution is 2.25. The van der Waals surface area contributed by atoms with E-state index in [0.717, 1.165) is 89.2 Å². The largest absolute Gasteiger partial charge is 0.346 e. The van der Waals surface area contributed by atoms with Gasteiger partial charge in [-0.1, -0.05) is 220 Å². The Morgan fingerprint density at radius 2 is 0.526 bits per heavy atom. The number of rotatable bonds is 4. The number of hydrogen-bond acceptors (Lipinski definition) is 11. The minimum absolute atomic E-state index is 0.860. The number of nitrogens with one attached hydrogen (secondary N) is 1. The third-order valence-corrected chi connectivity index (χ3v) is 12.0. The summed E-state index contributed by atoms with van der Waals surface area (Å²) in [5.74, 6) is 0. The first-order chi connectivity index (χ1) is 47.2. The fourth-order valence-electron chi connectivity index (χ4n) is 8.10. The molecular weight excluding hydrogens is 1160 g/mol. The summed E-state index contributed by atoms with van der Waals surface area (Å²) >= 11 is 0. The van der Waals surface area contributed by atoms with E-state index in [1.54, 1.807) is 55.8 Å². The fraction of sp³-hybridized carbons (Fsp3) is 0.193. The predicted molar refractivity (Wildman–Crippen MR) is 409 cm³/mol. The van der Waals surface area contributed by atoms with Crippen LogP contribution in [0.5, 0.6) is 0 Å². The highest BCUT2D eigenvalue weighted by molar-refractivity contribution is 6.02. The van der Waals surface area contributed by atoms with E-state index in [1.807, 2.05) is 293 Å². The number of H-pyrrole nitrogens is 1. The standard InChI is InChI=1S/C18H12N2.C15H11N3.C12H8N2.C10H8N2.C7H6N2.C5H5N.8C2H6/c1-3-7-15-11-19-17(9-13(15)5-1)18-10-14-6-2-4-8-16(14)12-20-18;1-3-10-16-12(6-1)14-8-5-9-15(18-14)13-7-2-4-11-17-13;1-3-9-5-6-10-4-2-8-14-12(10)11(9)13-7-1;1-3-7-11-9(5-1)10-6-2-4-8-12-10;1-2-6-3-5-9-7(6)8-4-1;1-2-4-6-5-3-1;8*1-2/h1-12H;1-11H;1-8H;1-8H;1-5H,(H,8,9);1-5H;8*1-2H3. The van der Waals surface area contributed by atoms with Crippen molar-refractivity contribution in [2.75, 3.05) is 0 Å². The van der Waals surface area contributed by atoms with Crippen LogP contribution in [0.15, 0.2) is 299 Å².